The third-order valence-corrected chi connectivity index (χ3v) is 6.80. The number of carbonyl (C=O) groups excluding carboxylic acids is 3. The number of methoxy groups -OCH3 is 2. The quantitative estimate of drug-likeness (QED) is 0.218. The van der Waals surface area contributed by atoms with E-state index in [1.165, 1.54) is 19.1 Å². The number of thiazole rings is 1. The maximum atomic E-state index is 13.4. The maximum Gasteiger partial charge on any atom is 0.350 e. The summed E-state index contributed by atoms with van der Waals surface area (Å²) in [6, 6.07) is 12.4. The van der Waals surface area contributed by atoms with Crippen molar-refractivity contribution >= 4 is 39.9 Å². The predicted molar refractivity (Wildman–Crippen MR) is 134 cm³/mol. The van der Waals surface area contributed by atoms with Crippen molar-refractivity contribution in [1.29, 1.82) is 0 Å². The van der Waals surface area contributed by atoms with Crippen molar-refractivity contribution in [3.8, 4) is 11.5 Å². The summed E-state index contributed by atoms with van der Waals surface area (Å²) in [4.78, 5) is 44.9. The monoisotopic (exact) mass is 508 g/mol. The topological polar surface area (TPSA) is 115 Å². The Morgan fingerprint density at radius 1 is 1.08 bits per heavy atom. The Bertz CT molecular complexity index is 1360. The third kappa shape index (κ3) is 4.31. The average molecular weight is 509 g/mol. The molecule has 0 radical (unpaired) electrons. The molecule has 0 aliphatic carbocycles. The lowest BCUT2D eigenvalue weighted by Gasteiger charge is -2.23. The number of ether oxygens (including phenoxy) is 3. The Morgan fingerprint density at radius 3 is 2.42 bits per heavy atom. The highest BCUT2D eigenvalue weighted by Crippen LogP contribution is 2.45. The molecular formula is C26H24N2O7S. The highest BCUT2D eigenvalue weighted by Gasteiger charge is 2.48. The van der Waals surface area contributed by atoms with E-state index >= 15 is 0 Å². The van der Waals surface area contributed by atoms with Gasteiger partial charge in [0.1, 0.15) is 10.6 Å². The summed E-state index contributed by atoms with van der Waals surface area (Å²) in [5, 5.41) is 11.3. The first-order valence-electron chi connectivity index (χ1n) is 11.0. The first-order chi connectivity index (χ1) is 17.3. The molecule has 0 saturated carbocycles. The van der Waals surface area contributed by atoms with Crippen molar-refractivity contribution in [3.05, 3.63) is 75.8 Å². The van der Waals surface area contributed by atoms with E-state index in [1.807, 2.05) is 0 Å². The van der Waals surface area contributed by atoms with Crippen LogP contribution in [0.2, 0.25) is 0 Å². The Hall–Kier alpha value is -4.18. The van der Waals surface area contributed by atoms with Gasteiger partial charge in [-0.25, -0.2) is 9.78 Å². The number of aromatic nitrogens is 1. The number of Topliss-reactive ketones (excluding diaryl/α,β-unsaturated/α-hetero) is 1. The summed E-state index contributed by atoms with van der Waals surface area (Å²) in [7, 11) is 2.96. The molecule has 1 aromatic heterocycles. The van der Waals surface area contributed by atoms with Crippen molar-refractivity contribution in [1.82, 2.24) is 4.98 Å². The number of anilines is 1. The molecule has 9 nitrogen and oxygen atoms in total. The number of hydrogen-bond acceptors (Lipinski definition) is 9. The first kappa shape index (κ1) is 24.9. The number of aliphatic hydroxyl groups excluding tert-OH is 1. The molecule has 2 heterocycles. The molecule has 0 spiro atoms. The number of aliphatic hydroxyl groups is 1. The normalized spacial score (nSPS) is 16.8. The zero-order valence-electron chi connectivity index (χ0n) is 20.1. The number of ketones is 1. The molecule has 1 saturated heterocycles. The summed E-state index contributed by atoms with van der Waals surface area (Å²) in [5.41, 5.74) is 1.12. The van der Waals surface area contributed by atoms with E-state index in [0.717, 1.165) is 11.3 Å². The minimum atomic E-state index is -1.04. The molecule has 1 amide bonds. The highest BCUT2D eigenvalue weighted by molar-refractivity contribution is 7.17. The Balaban J connectivity index is 1.94. The van der Waals surface area contributed by atoms with E-state index in [0.29, 0.717) is 28.3 Å². The zero-order valence-corrected chi connectivity index (χ0v) is 20.9. The zero-order chi connectivity index (χ0) is 26.0. The van der Waals surface area contributed by atoms with Crippen LogP contribution in [-0.2, 0) is 14.3 Å². The van der Waals surface area contributed by atoms with Gasteiger partial charge in [-0.05, 0) is 31.5 Å². The second-order valence-corrected chi connectivity index (χ2v) is 8.76. The van der Waals surface area contributed by atoms with Gasteiger partial charge in [0.2, 0.25) is 0 Å². The number of aryl methyl sites for hydroxylation is 1. The Labute approximate surface area is 211 Å². The van der Waals surface area contributed by atoms with Crippen LogP contribution < -0.4 is 14.4 Å². The van der Waals surface area contributed by atoms with Crippen molar-refractivity contribution < 1.29 is 33.7 Å². The SMILES string of the molecule is CCOC(=O)c1sc(N2C(=O)C(=O)/C(=C(/O)c3ccccc3)[C@H]2c2ccc(OC)c(OC)c2)nc1C. The molecule has 186 valence electrons. The number of benzene rings is 2. The van der Waals surface area contributed by atoms with Crippen LogP contribution in [0.5, 0.6) is 11.5 Å². The molecule has 1 atom stereocenters. The number of esters is 1. The van der Waals surface area contributed by atoms with Gasteiger partial charge < -0.3 is 19.3 Å². The van der Waals surface area contributed by atoms with Gasteiger partial charge in [0.15, 0.2) is 16.6 Å². The second-order valence-electron chi connectivity index (χ2n) is 7.78. The molecular weight excluding hydrogens is 484 g/mol. The Kier molecular flexibility index (Phi) is 7.07. The summed E-state index contributed by atoms with van der Waals surface area (Å²) in [6.07, 6.45) is 0. The van der Waals surface area contributed by atoms with E-state index in [4.69, 9.17) is 14.2 Å². The molecule has 0 bridgehead atoms. The third-order valence-electron chi connectivity index (χ3n) is 5.67. The van der Waals surface area contributed by atoms with Crippen LogP contribution in [0.15, 0.2) is 54.1 Å². The average Bonchev–Trinajstić information content (AvgIpc) is 3.40. The van der Waals surface area contributed by atoms with E-state index in [2.05, 4.69) is 4.98 Å². The number of nitrogens with zero attached hydrogens (tertiary/aromatic N) is 2. The summed E-state index contributed by atoms with van der Waals surface area (Å²) in [5.74, 6) is -1.81. The number of rotatable bonds is 7. The van der Waals surface area contributed by atoms with Gasteiger partial charge in [-0.2, -0.15) is 0 Å². The molecule has 1 fully saturated rings. The summed E-state index contributed by atoms with van der Waals surface area (Å²) in [6.45, 7) is 3.49. The van der Waals surface area contributed by atoms with E-state index in [9.17, 15) is 19.5 Å². The van der Waals surface area contributed by atoms with Crippen LogP contribution in [0.1, 0.15) is 39.5 Å². The van der Waals surface area contributed by atoms with E-state index < -0.39 is 23.7 Å². The van der Waals surface area contributed by atoms with Crippen LogP contribution in [0.25, 0.3) is 5.76 Å². The maximum absolute atomic E-state index is 13.4. The summed E-state index contributed by atoms with van der Waals surface area (Å²) < 4.78 is 15.8. The molecule has 1 N–H and O–H groups in total. The Morgan fingerprint density at radius 2 is 1.78 bits per heavy atom. The van der Waals surface area contributed by atoms with Crippen molar-refractivity contribution in [2.45, 2.75) is 19.9 Å². The molecule has 36 heavy (non-hydrogen) atoms. The smallest absolute Gasteiger partial charge is 0.350 e. The molecule has 0 unspecified atom stereocenters. The highest BCUT2D eigenvalue weighted by atomic mass is 32.1. The number of amides is 1. The summed E-state index contributed by atoms with van der Waals surface area (Å²) >= 11 is 0.943. The fraction of sp³-hybridized carbons (Fsp3) is 0.231. The molecule has 1 aliphatic heterocycles. The standard InChI is InChI=1S/C26H24N2O7S/c1-5-35-25(32)23-14(2)27-26(36-23)28-20(16-11-12-17(33-3)18(13-16)34-4)19(22(30)24(28)31)21(29)15-9-7-6-8-10-15/h6-13,20,29H,5H2,1-4H3/b21-19+/t20-/m1/s1. The van der Waals surface area contributed by atoms with E-state index in [-0.39, 0.29) is 27.9 Å². The number of carbonyl (C=O) groups is 3. The van der Waals surface area contributed by atoms with Gasteiger partial charge in [0.25, 0.3) is 5.78 Å². The largest absolute Gasteiger partial charge is 0.507 e. The van der Waals surface area contributed by atoms with Crippen molar-refractivity contribution in [3.63, 3.8) is 0 Å². The lowest BCUT2D eigenvalue weighted by atomic mass is 9.95. The van der Waals surface area contributed by atoms with Gasteiger partial charge in [-0.15, -0.1) is 0 Å². The molecule has 3 aromatic rings. The van der Waals surface area contributed by atoms with E-state index in [1.54, 1.807) is 62.4 Å². The van der Waals surface area contributed by atoms with Crippen LogP contribution in [0.4, 0.5) is 5.13 Å². The number of hydrogen-bond donors (Lipinski definition) is 1. The van der Waals surface area contributed by atoms with Gasteiger partial charge in [0.05, 0.1) is 38.1 Å². The molecule has 1 aliphatic rings. The minimum Gasteiger partial charge on any atom is -0.507 e. The predicted octanol–water partition coefficient (Wildman–Crippen LogP) is 4.27. The van der Waals surface area contributed by atoms with Gasteiger partial charge >= 0.3 is 11.9 Å². The lowest BCUT2D eigenvalue weighted by Crippen LogP contribution is -2.29. The van der Waals surface area contributed by atoms with Crippen LogP contribution in [0.3, 0.4) is 0 Å². The van der Waals surface area contributed by atoms with Gasteiger partial charge in [-0.1, -0.05) is 47.7 Å². The molecule has 10 heteroatoms. The minimum absolute atomic E-state index is 0.107. The van der Waals surface area contributed by atoms with Crippen LogP contribution >= 0.6 is 11.3 Å². The second kappa shape index (κ2) is 10.2. The fourth-order valence-corrected chi connectivity index (χ4v) is 4.98. The van der Waals surface area contributed by atoms with Gasteiger partial charge in [-0.3, -0.25) is 14.5 Å². The molecule has 2 aromatic carbocycles. The van der Waals surface area contributed by atoms with Gasteiger partial charge in [0, 0.05) is 5.56 Å². The first-order valence-corrected chi connectivity index (χ1v) is 11.9. The fourth-order valence-electron chi connectivity index (χ4n) is 3.99. The van der Waals surface area contributed by atoms with Crippen LogP contribution in [-0.4, -0.2) is 48.6 Å². The molecule has 4 rings (SSSR count). The van der Waals surface area contributed by atoms with Crippen LogP contribution in [0, 0.1) is 6.92 Å². The van der Waals surface area contributed by atoms with Crippen molar-refractivity contribution in [2.75, 3.05) is 25.7 Å². The van der Waals surface area contributed by atoms with Crippen molar-refractivity contribution in [2.24, 2.45) is 0 Å². The lowest BCUT2D eigenvalue weighted by molar-refractivity contribution is -0.132.